The summed E-state index contributed by atoms with van der Waals surface area (Å²) in [6, 6.07) is 10.5. The number of carbonyl (C=O) groups excluding carboxylic acids is 1. The summed E-state index contributed by atoms with van der Waals surface area (Å²) in [5, 5.41) is 0. The lowest BCUT2D eigenvalue weighted by molar-refractivity contribution is 0.0697. The van der Waals surface area contributed by atoms with Crippen molar-refractivity contribution in [1.82, 2.24) is 4.90 Å². The van der Waals surface area contributed by atoms with Gasteiger partial charge in [0, 0.05) is 24.3 Å². The molecule has 0 bridgehead atoms. The molecule has 0 radical (unpaired) electrons. The van der Waals surface area contributed by atoms with Crippen molar-refractivity contribution in [1.29, 1.82) is 0 Å². The maximum absolute atomic E-state index is 13.2. The van der Waals surface area contributed by atoms with Gasteiger partial charge < -0.3 is 4.90 Å². The third-order valence-corrected chi connectivity index (χ3v) is 7.74. The van der Waals surface area contributed by atoms with E-state index >= 15 is 0 Å². The van der Waals surface area contributed by atoms with E-state index in [2.05, 4.69) is 38.5 Å². The molecule has 1 fully saturated rings. The first-order valence-electron chi connectivity index (χ1n) is 10.9. The van der Waals surface area contributed by atoms with Gasteiger partial charge in [-0.3, -0.25) is 9.52 Å². The van der Waals surface area contributed by atoms with E-state index in [4.69, 9.17) is 0 Å². The molecule has 0 aliphatic carbocycles. The first kappa shape index (κ1) is 23.3. The molecule has 1 amide bonds. The van der Waals surface area contributed by atoms with E-state index in [-0.39, 0.29) is 11.3 Å². The number of hydrogen-bond donors (Lipinski definition) is 1. The minimum absolute atomic E-state index is 0.00524. The van der Waals surface area contributed by atoms with Crippen molar-refractivity contribution in [2.24, 2.45) is 5.92 Å². The zero-order valence-electron chi connectivity index (χ0n) is 19.5. The summed E-state index contributed by atoms with van der Waals surface area (Å²) in [6.07, 6.45) is 2.05. The lowest BCUT2D eigenvalue weighted by atomic mass is 9.85. The topological polar surface area (TPSA) is 66.5 Å². The molecule has 0 aromatic heterocycles. The van der Waals surface area contributed by atoms with Crippen LogP contribution in [0.2, 0.25) is 0 Å². The Kier molecular flexibility index (Phi) is 6.51. The van der Waals surface area contributed by atoms with Gasteiger partial charge in [0.2, 0.25) is 0 Å². The smallest absolute Gasteiger partial charge is 0.262 e. The van der Waals surface area contributed by atoms with Crippen molar-refractivity contribution in [3.63, 3.8) is 0 Å². The molecule has 0 spiro atoms. The van der Waals surface area contributed by atoms with Crippen LogP contribution in [0.3, 0.4) is 0 Å². The fourth-order valence-electron chi connectivity index (χ4n) is 3.82. The van der Waals surface area contributed by atoms with Crippen LogP contribution in [0.5, 0.6) is 0 Å². The maximum atomic E-state index is 13.2. The number of nitrogens with zero attached hydrogens (tertiary/aromatic N) is 1. The quantitative estimate of drug-likeness (QED) is 0.701. The fraction of sp³-hybridized carbons (Fsp3) is 0.480. The second-order valence-electron chi connectivity index (χ2n) is 9.82. The van der Waals surface area contributed by atoms with Crippen molar-refractivity contribution in [3.05, 3.63) is 58.7 Å². The summed E-state index contributed by atoms with van der Waals surface area (Å²) in [5.41, 5.74) is 3.54. The van der Waals surface area contributed by atoms with E-state index in [9.17, 15) is 13.2 Å². The Bertz CT molecular complexity index is 1060. The maximum Gasteiger partial charge on any atom is 0.262 e. The molecule has 5 nitrogen and oxygen atoms in total. The molecule has 1 aliphatic heterocycles. The normalized spacial score (nSPS) is 15.7. The van der Waals surface area contributed by atoms with Crippen molar-refractivity contribution in [3.8, 4) is 0 Å². The molecule has 0 atom stereocenters. The summed E-state index contributed by atoms with van der Waals surface area (Å²) in [7, 11) is -3.75. The zero-order chi connectivity index (χ0) is 23.0. The van der Waals surface area contributed by atoms with Gasteiger partial charge >= 0.3 is 0 Å². The van der Waals surface area contributed by atoms with E-state index in [1.54, 1.807) is 30.3 Å². The number of nitrogens with one attached hydrogen (secondary N) is 1. The number of benzene rings is 2. The van der Waals surface area contributed by atoms with E-state index < -0.39 is 10.0 Å². The molecule has 2 aromatic rings. The van der Waals surface area contributed by atoms with Gasteiger partial charge in [-0.25, -0.2) is 8.42 Å². The second kappa shape index (κ2) is 8.65. The van der Waals surface area contributed by atoms with Crippen LogP contribution in [0.4, 0.5) is 5.69 Å². The van der Waals surface area contributed by atoms with Gasteiger partial charge in [-0.2, -0.15) is 0 Å². The lowest BCUT2D eigenvalue weighted by Gasteiger charge is -2.30. The molecule has 1 aliphatic rings. The molecule has 0 unspecified atom stereocenters. The average molecular weight is 443 g/mol. The van der Waals surface area contributed by atoms with Gasteiger partial charge in [0.05, 0.1) is 4.90 Å². The van der Waals surface area contributed by atoms with Crippen LogP contribution >= 0.6 is 0 Å². The Morgan fingerprint density at radius 3 is 2.16 bits per heavy atom. The average Bonchev–Trinajstić information content (AvgIpc) is 2.69. The molecule has 6 heteroatoms. The molecule has 1 N–H and O–H groups in total. The number of amides is 1. The minimum Gasteiger partial charge on any atom is -0.339 e. The van der Waals surface area contributed by atoms with Crippen LogP contribution in [0.25, 0.3) is 0 Å². The Morgan fingerprint density at radius 1 is 1.03 bits per heavy atom. The van der Waals surface area contributed by atoms with Crippen molar-refractivity contribution >= 4 is 21.6 Å². The number of anilines is 1. The molecule has 3 rings (SSSR count). The molecule has 1 saturated heterocycles. The predicted octanol–water partition coefficient (Wildman–Crippen LogP) is 5.27. The minimum atomic E-state index is -3.75. The van der Waals surface area contributed by atoms with Crippen LogP contribution in [0.15, 0.2) is 41.3 Å². The highest BCUT2D eigenvalue weighted by molar-refractivity contribution is 7.92. The van der Waals surface area contributed by atoms with Gasteiger partial charge in [0.1, 0.15) is 0 Å². The summed E-state index contributed by atoms with van der Waals surface area (Å²) in [4.78, 5) is 14.9. The number of rotatable bonds is 4. The van der Waals surface area contributed by atoms with Gasteiger partial charge in [-0.1, -0.05) is 33.8 Å². The van der Waals surface area contributed by atoms with Gasteiger partial charge in [0.25, 0.3) is 15.9 Å². The van der Waals surface area contributed by atoms with Gasteiger partial charge in [-0.05, 0) is 85.0 Å². The third-order valence-electron chi connectivity index (χ3n) is 6.23. The number of piperidine rings is 1. The van der Waals surface area contributed by atoms with E-state index in [1.807, 2.05) is 18.7 Å². The Labute approximate surface area is 186 Å². The lowest BCUT2D eigenvalue weighted by Crippen LogP contribution is -2.37. The summed E-state index contributed by atoms with van der Waals surface area (Å²) < 4.78 is 29.0. The Balaban J connectivity index is 1.81. The highest BCUT2D eigenvalue weighted by Crippen LogP contribution is 2.30. The predicted molar refractivity (Wildman–Crippen MR) is 126 cm³/mol. The zero-order valence-corrected chi connectivity index (χ0v) is 20.3. The number of hydrogen-bond acceptors (Lipinski definition) is 3. The van der Waals surface area contributed by atoms with Gasteiger partial charge in [-0.15, -0.1) is 0 Å². The van der Waals surface area contributed by atoms with Crippen molar-refractivity contribution in [2.45, 2.75) is 64.7 Å². The van der Waals surface area contributed by atoms with Gasteiger partial charge in [0.15, 0.2) is 0 Å². The van der Waals surface area contributed by atoms with Crippen LogP contribution < -0.4 is 4.72 Å². The number of carbonyl (C=O) groups is 1. The number of sulfonamides is 1. The Hall–Kier alpha value is -2.34. The SMILES string of the molecule is Cc1cc(C(C)(C)C)cc(S(=O)(=O)Nc2ccc(C(=O)N3CCC(C)CC3)cc2)c1C. The summed E-state index contributed by atoms with van der Waals surface area (Å²) in [5.74, 6) is 0.662. The van der Waals surface area contributed by atoms with Crippen molar-refractivity contribution < 1.29 is 13.2 Å². The molecular formula is C25H34N2O3S. The van der Waals surface area contributed by atoms with Crippen LogP contribution in [0, 0.1) is 19.8 Å². The first-order valence-corrected chi connectivity index (χ1v) is 12.4. The largest absolute Gasteiger partial charge is 0.339 e. The fourth-order valence-corrected chi connectivity index (χ4v) is 5.23. The van der Waals surface area contributed by atoms with E-state index in [0.717, 1.165) is 42.6 Å². The monoisotopic (exact) mass is 442 g/mol. The second-order valence-corrected chi connectivity index (χ2v) is 11.5. The molecular weight excluding hydrogens is 408 g/mol. The standard InChI is InChI=1S/C25H34N2O3S/c1-17-11-13-27(14-12-17)24(28)20-7-9-22(10-8-20)26-31(29,30)23-16-21(25(4,5)6)15-18(2)19(23)3/h7-10,15-17,26H,11-14H2,1-6H3. The molecule has 1 heterocycles. The summed E-state index contributed by atoms with van der Waals surface area (Å²) >= 11 is 0. The van der Waals surface area contributed by atoms with Crippen LogP contribution in [-0.2, 0) is 15.4 Å². The molecule has 2 aromatic carbocycles. The summed E-state index contributed by atoms with van der Waals surface area (Å²) in [6.45, 7) is 13.7. The van der Waals surface area contributed by atoms with E-state index in [1.165, 1.54) is 0 Å². The van der Waals surface area contributed by atoms with Crippen LogP contribution in [-0.4, -0.2) is 32.3 Å². The number of aryl methyl sites for hydroxylation is 1. The molecule has 168 valence electrons. The number of likely N-dealkylation sites (tertiary alicyclic amines) is 1. The highest BCUT2D eigenvalue weighted by Gasteiger charge is 2.24. The third kappa shape index (κ3) is 5.29. The molecule has 0 saturated carbocycles. The van der Waals surface area contributed by atoms with E-state index in [0.29, 0.717) is 22.1 Å². The Morgan fingerprint density at radius 2 is 1.61 bits per heavy atom. The highest BCUT2D eigenvalue weighted by atomic mass is 32.2. The van der Waals surface area contributed by atoms with Crippen LogP contribution in [0.1, 0.15) is 67.6 Å². The molecule has 31 heavy (non-hydrogen) atoms. The first-order chi connectivity index (χ1) is 14.4. The van der Waals surface area contributed by atoms with Crippen molar-refractivity contribution in [2.75, 3.05) is 17.8 Å².